The molecule has 1 aliphatic heterocycles. The van der Waals surface area contributed by atoms with Gasteiger partial charge in [-0.1, -0.05) is 23.4 Å². The summed E-state index contributed by atoms with van der Waals surface area (Å²) in [6.45, 7) is 0.850. The number of nitrogens with one attached hydrogen (secondary N) is 1. The average molecular weight is 416 g/mol. The van der Waals surface area contributed by atoms with Crippen molar-refractivity contribution in [3.63, 3.8) is 0 Å². The zero-order valence-corrected chi connectivity index (χ0v) is 17.1. The fourth-order valence-corrected chi connectivity index (χ4v) is 4.30. The smallest absolute Gasteiger partial charge is 0.254 e. The lowest BCUT2D eigenvalue weighted by atomic mass is 9.98. The molecule has 4 aromatic rings. The highest BCUT2D eigenvalue weighted by Gasteiger charge is 2.27. The highest BCUT2D eigenvalue weighted by molar-refractivity contribution is 5.94. The second-order valence-electron chi connectivity index (χ2n) is 7.87. The first-order chi connectivity index (χ1) is 15.2. The van der Waals surface area contributed by atoms with Crippen LogP contribution in [0.15, 0.2) is 54.7 Å². The number of aromatic nitrogens is 5. The molecule has 8 heteroatoms. The lowest BCUT2D eigenvalue weighted by Gasteiger charge is -2.35. The lowest BCUT2D eigenvalue weighted by Crippen LogP contribution is -2.44. The van der Waals surface area contributed by atoms with Crippen LogP contribution in [0.1, 0.15) is 36.0 Å². The zero-order chi connectivity index (χ0) is 21.2. The van der Waals surface area contributed by atoms with Gasteiger partial charge in [-0.25, -0.2) is 4.68 Å². The molecule has 1 atom stereocenters. The van der Waals surface area contributed by atoms with Crippen molar-refractivity contribution in [2.45, 2.75) is 31.7 Å². The van der Waals surface area contributed by atoms with Crippen molar-refractivity contribution in [3.8, 4) is 17.1 Å². The van der Waals surface area contributed by atoms with Gasteiger partial charge in [0.1, 0.15) is 11.4 Å². The van der Waals surface area contributed by atoms with Gasteiger partial charge in [0.15, 0.2) is 0 Å². The summed E-state index contributed by atoms with van der Waals surface area (Å²) in [5.41, 5.74) is 3.85. The van der Waals surface area contributed by atoms with E-state index < -0.39 is 0 Å². The molecule has 1 unspecified atom stereocenters. The summed E-state index contributed by atoms with van der Waals surface area (Å²) in [4.78, 5) is 14.9. The number of para-hydroxylation sites is 1. The Bertz CT molecular complexity index is 1190. The number of H-pyrrole nitrogens is 1. The summed E-state index contributed by atoms with van der Waals surface area (Å²) in [6.07, 6.45) is 5.53. The molecule has 0 spiro atoms. The first kappa shape index (κ1) is 19.4. The normalized spacial score (nSPS) is 16.7. The number of piperidine rings is 1. The SMILES string of the molecule is O=C(c1ccc(-n2cc(-c3n[nH]c4ccccc34)nn2)cc1)N1CCCCC1CCO. The second-order valence-corrected chi connectivity index (χ2v) is 7.87. The molecule has 2 aromatic carbocycles. The van der Waals surface area contributed by atoms with E-state index in [1.807, 2.05) is 59.6 Å². The molecule has 158 valence electrons. The van der Waals surface area contributed by atoms with Crippen molar-refractivity contribution < 1.29 is 9.90 Å². The number of aliphatic hydroxyl groups is 1. The zero-order valence-electron chi connectivity index (χ0n) is 17.1. The van der Waals surface area contributed by atoms with Crippen LogP contribution in [0.4, 0.5) is 0 Å². The van der Waals surface area contributed by atoms with Gasteiger partial charge in [0.2, 0.25) is 0 Å². The molecule has 31 heavy (non-hydrogen) atoms. The number of nitrogens with zero attached hydrogens (tertiary/aromatic N) is 5. The molecule has 0 aliphatic carbocycles. The van der Waals surface area contributed by atoms with Crippen LogP contribution in [0.25, 0.3) is 28.0 Å². The minimum absolute atomic E-state index is 0.0203. The van der Waals surface area contributed by atoms with Crippen LogP contribution in [0, 0.1) is 0 Å². The molecule has 1 saturated heterocycles. The topological polar surface area (TPSA) is 99.9 Å². The van der Waals surface area contributed by atoms with Gasteiger partial charge >= 0.3 is 0 Å². The summed E-state index contributed by atoms with van der Waals surface area (Å²) >= 11 is 0. The molecular weight excluding hydrogens is 392 g/mol. The third-order valence-electron chi connectivity index (χ3n) is 5.94. The van der Waals surface area contributed by atoms with E-state index in [1.165, 1.54) is 0 Å². The summed E-state index contributed by atoms with van der Waals surface area (Å²) in [7, 11) is 0. The molecule has 2 N–H and O–H groups in total. The predicted molar refractivity (Wildman–Crippen MR) is 117 cm³/mol. The van der Waals surface area contributed by atoms with Gasteiger partial charge in [0.25, 0.3) is 5.91 Å². The average Bonchev–Trinajstić information content (AvgIpc) is 3.47. The largest absolute Gasteiger partial charge is 0.396 e. The number of aliphatic hydroxyl groups excluding tert-OH is 1. The van der Waals surface area contributed by atoms with Crippen molar-refractivity contribution in [1.29, 1.82) is 0 Å². The number of carbonyl (C=O) groups excluding carboxylic acids is 1. The summed E-state index contributed by atoms with van der Waals surface area (Å²) in [5, 5.41) is 26.2. The number of carbonyl (C=O) groups is 1. The third kappa shape index (κ3) is 3.70. The first-order valence-electron chi connectivity index (χ1n) is 10.6. The highest BCUT2D eigenvalue weighted by atomic mass is 16.3. The van der Waals surface area contributed by atoms with Gasteiger partial charge < -0.3 is 10.0 Å². The van der Waals surface area contributed by atoms with E-state index in [4.69, 9.17) is 0 Å². The second kappa shape index (κ2) is 8.31. The van der Waals surface area contributed by atoms with Crippen LogP contribution in [-0.4, -0.2) is 60.3 Å². The summed E-state index contributed by atoms with van der Waals surface area (Å²) < 4.78 is 1.68. The van der Waals surface area contributed by atoms with E-state index in [1.54, 1.807) is 4.68 Å². The molecule has 2 aromatic heterocycles. The summed E-state index contributed by atoms with van der Waals surface area (Å²) in [6, 6.07) is 15.4. The minimum atomic E-state index is 0.0203. The maximum absolute atomic E-state index is 13.0. The Morgan fingerprint density at radius 3 is 2.81 bits per heavy atom. The maximum atomic E-state index is 13.0. The van der Waals surface area contributed by atoms with E-state index >= 15 is 0 Å². The monoisotopic (exact) mass is 416 g/mol. The van der Waals surface area contributed by atoms with E-state index in [9.17, 15) is 9.90 Å². The molecule has 1 aliphatic rings. The van der Waals surface area contributed by atoms with Crippen LogP contribution >= 0.6 is 0 Å². The molecule has 8 nitrogen and oxygen atoms in total. The number of hydrogen-bond acceptors (Lipinski definition) is 5. The quantitative estimate of drug-likeness (QED) is 0.520. The van der Waals surface area contributed by atoms with Crippen LogP contribution in [0.3, 0.4) is 0 Å². The van der Waals surface area contributed by atoms with Crippen molar-refractivity contribution in [2.75, 3.05) is 13.2 Å². The number of rotatable bonds is 5. The molecule has 1 fully saturated rings. The van der Waals surface area contributed by atoms with Gasteiger partial charge in [-0.2, -0.15) is 5.10 Å². The van der Waals surface area contributed by atoms with Crippen LogP contribution in [0.5, 0.6) is 0 Å². The Hall–Kier alpha value is -3.52. The third-order valence-corrected chi connectivity index (χ3v) is 5.94. The van der Waals surface area contributed by atoms with Crippen molar-refractivity contribution >= 4 is 16.8 Å². The van der Waals surface area contributed by atoms with Crippen LogP contribution in [-0.2, 0) is 0 Å². The number of likely N-dealkylation sites (tertiary alicyclic amines) is 1. The lowest BCUT2D eigenvalue weighted by molar-refractivity contribution is 0.0574. The van der Waals surface area contributed by atoms with Gasteiger partial charge in [-0.15, -0.1) is 5.10 Å². The van der Waals surface area contributed by atoms with Crippen molar-refractivity contribution in [3.05, 3.63) is 60.3 Å². The first-order valence-corrected chi connectivity index (χ1v) is 10.6. The Morgan fingerprint density at radius 1 is 1.13 bits per heavy atom. The molecule has 0 saturated carbocycles. The Labute approximate surface area is 179 Å². The van der Waals surface area contributed by atoms with Crippen LogP contribution < -0.4 is 0 Å². The van der Waals surface area contributed by atoms with E-state index in [2.05, 4.69) is 20.5 Å². The fraction of sp³-hybridized carbons (Fsp3) is 0.304. The standard InChI is InChI=1S/C23H24N6O2/c30-14-12-17-5-3-4-13-28(17)23(31)16-8-10-18(11-9-16)29-15-21(25-27-29)22-19-6-1-2-7-20(19)24-26-22/h1-2,6-11,15,17,30H,3-5,12-14H2,(H,24,26). The number of hydrogen-bond donors (Lipinski definition) is 2. The molecule has 1 amide bonds. The van der Waals surface area contributed by atoms with Gasteiger partial charge in [0, 0.05) is 30.1 Å². The van der Waals surface area contributed by atoms with E-state index in [-0.39, 0.29) is 18.6 Å². The Balaban J connectivity index is 1.36. The summed E-state index contributed by atoms with van der Waals surface area (Å²) in [5.74, 6) is 0.0203. The van der Waals surface area contributed by atoms with Gasteiger partial charge in [0.05, 0.1) is 17.4 Å². The van der Waals surface area contributed by atoms with Gasteiger partial charge in [-0.05, 0) is 56.0 Å². The molecular formula is C23H24N6O2. The highest BCUT2D eigenvalue weighted by Crippen LogP contribution is 2.25. The number of aromatic amines is 1. The van der Waals surface area contributed by atoms with Crippen molar-refractivity contribution in [1.82, 2.24) is 30.1 Å². The van der Waals surface area contributed by atoms with E-state index in [0.717, 1.165) is 48.1 Å². The molecule has 0 radical (unpaired) electrons. The van der Waals surface area contributed by atoms with E-state index in [0.29, 0.717) is 17.7 Å². The molecule has 3 heterocycles. The Morgan fingerprint density at radius 2 is 1.97 bits per heavy atom. The fourth-order valence-electron chi connectivity index (χ4n) is 4.30. The maximum Gasteiger partial charge on any atom is 0.254 e. The molecule has 0 bridgehead atoms. The number of amides is 1. The number of fused-ring (bicyclic) bond motifs is 1. The number of benzene rings is 2. The minimum Gasteiger partial charge on any atom is -0.396 e. The Kier molecular flexibility index (Phi) is 5.21. The van der Waals surface area contributed by atoms with Crippen molar-refractivity contribution in [2.24, 2.45) is 0 Å². The predicted octanol–water partition coefficient (Wildman–Crippen LogP) is 3.19. The van der Waals surface area contributed by atoms with Gasteiger partial charge in [-0.3, -0.25) is 9.89 Å². The van der Waals surface area contributed by atoms with Crippen LogP contribution in [0.2, 0.25) is 0 Å². The molecule has 5 rings (SSSR count).